The van der Waals surface area contributed by atoms with E-state index >= 15 is 0 Å². The van der Waals surface area contributed by atoms with Gasteiger partial charge in [-0.25, -0.2) is 8.78 Å². The summed E-state index contributed by atoms with van der Waals surface area (Å²) in [5.74, 6) is -0.450. The van der Waals surface area contributed by atoms with Crippen molar-refractivity contribution in [2.75, 3.05) is 12.4 Å². The van der Waals surface area contributed by atoms with E-state index in [2.05, 4.69) is 20.5 Å². The number of nitrogens with one attached hydrogen (secondary N) is 1. The van der Waals surface area contributed by atoms with Gasteiger partial charge in [-0.1, -0.05) is 5.10 Å². The van der Waals surface area contributed by atoms with Gasteiger partial charge in [0.15, 0.2) is 0 Å². The van der Waals surface area contributed by atoms with Crippen LogP contribution >= 0.6 is 11.3 Å². The van der Waals surface area contributed by atoms with Crippen LogP contribution in [0.25, 0.3) is 11.1 Å². The minimum Gasteiger partial charge on any atom is -0.496 e. The van der Waals surface area contributed by atoms with E-state index in [1.165, 1.54) is 49.3 Å². The topological polar surface area (TPSA) is 132 Å². The van der Waals surface area contributed by atoms with Gasteiger partial charge in [0.2, 0.25) is 5.13 Å². The Morgan fingerprint density at radius 3 is 2.70 bits per heavy atom. The first-order valence-electron chi connectivity index (χ1n) is 10.6. The summed E-state index contributed by atoms with van der Waals surface area (Å²) in [7, 11) is 2.85. The lowest BCUT2D eigenvalue weighted by molar-refractivity contribution is 0.102. The van der Waals surface area contributed by atoms with Crippen LogP contribution in [0.5, 0.6) is 10.9 Å². The predicted molar refractivity (Wildman–Crippen MR) is 130 cm³/mol. The molecule has 0 aliphatic heterocycles. The highest BCUT2D eigenvalue weighted by Crippen LogP contribution is 2.35. The third-order valence-electron chi connectivity index (χ3n) is 5.16. The molecule has 1 N–H and O–H groups in total. The molecule has 4 aromatic rings. The second-order valence-electron chi connectivity index (χ2n) is 7.58. The zero-order chi connectivity index (χ0) is 26.5. The van der Waals surface area contributed by atoms with Gasteiger partial charge in [-0.05, 0) is 41.7 Å². The molecule has 37 heavy (non-hydrogen) atoms. The average Bonchev–Trinajstić information content (AvgIpc) is 3.35. The summed E-state index contributed by atoms with van der Waals surface area (Å²) >= 11 is 0.942. The fourth-order valence-electron chi connectivity index (χ4n) is 3.30. The molecule has 10 nitrogen and oxygen atoms in total. The molecule has 3 heterocycles. The number of pyridine rings is 2. The summed E-state index contributed by atoms with van der Waals surface area (Å²) in [6.45, 7) is 0.0629. The lowest BCUT2D eigenvalue weighted by Crippen LogP contribution is -2.21. The maximum atomic E-state index is 13.4. The first-order chi connectivity index (χ1) is 17.8. The first kappa shape index (κ1) is 25.4. The van der Waals surface area contributed by atoms with Gasteiger partial charge in [-0.15, -0.1) is 5.10 Å². The molecule has 0 aliphatic carbocycles. The third-order valence-corrected chi connectivity index (χ3v) is 5.91. The zero-order valence-electron chi connectivity index (χ0n) is 19.4. The normalized spacial score (nSPS) is 10.7. The number of ether oxygens (including phenoxy) is 2. The van der Waals surface area contributed by atoms with Gasteiger partial charge in [0.05, 0.1) is 23.9 Å². The molecule has 3 aromatic heterocycles. The second kappa shape index (κ2) is 10.9. The van der Waals surface area contributed by atoms with Crippen molar-refractivity contribution in [3.63, 3.8) is 0 Å². The van der Waals surface area contributed by atoms with E-state index in [9.17, 15) is 18.4 Å². The van der Waals surface area contributed by atoms with Gasteiger partial charge in [0, 0.05) is 42.2 Å². The van der Waals surface area contributed by atoms with Gasteiger partial charge in [0.25, 0.3) is 23.1 Å². The largest absolute Gasteiger partial charge is 0.496 e. The number of carbonyl (C=O) groups excluding carboxylic acids is 1. The van der Waals surface area contributed by atoms with Crippen molar-refractivity contribution in [2.45, 2.75) is 13.0 Å². The summed E-state index contributed by atoms with van der Waals surface area (Å²) in [6, 6.07) is 10.1. The maximum absolute atomic E-state index is 13.4. The molecular weight excluding hydrogens is 506 g/mol. The molecule has 0 bridgehead atoms. The smallest absolute Gasteiger partial charge is 0.296 e. The molecule has 0 fully saturated rings. The quantitative estimate of drug-likeness (QED) is 0.367. The van der Waals surface area contributed by atoms with Crippen molar-refractivity contribution in [1.82, 2.24) is 19.7 Å². The molecule has 0 atom stereocenters. The number of aryl methyl sites for hydroxylation is 1. The molecule has 13 heteroatoms. The fraction of sp³-hybridized carbons (Fsp3) is 0.167. The highest BCUT2D eigenvalue weighted by atomic mass is 32.1. The SMILES string of the molecule is COc1ccc(C(F)F)cc1-c1cn(C)c(=O)cc1C(=O)Nc1nnc(OCc2ccc(C#N)cn2)s1. The molecule has 0 unspecified atom stereocenters. The average molecular weight is 525 g/mol. The summed E-state index contributed by atoms with van der Waals surface area (Å²) in [5, 5.41) is 19.4. The standard InChI is InChI=1S/C24H18F2N6O4S/c1-32-11-18(16-7-14(21(25)26)4-6-19(16)35-2)17(8-20(32)33)22(34)29-23-30-31-24(37-23)36-12-15-5-3-13(9-27)10-28-15/h3-8,10-11,21H,12H2,1-2H3,(H,29,30,34). The number of methoxy groups -OCH3 is 1. The van der Waals surface area contributed by atoms with E-state index in [1.54, 1.807) is 12.1 Å². The van der Waals surface area contributed by atoms with Crippen molar-refractivity contribution in [3.05, 3.63) is 81.5 Å². The van der Waals surface area contributed by atoms with Crippen molar-refractivity contribution >= 4 is 22.4 Å². The molecule has 0 saturated carbocycles. The van der Waals surface area contributed by atoms with Crippen LogP contribution in [0.2, 0.25) is 0 Å². The number of nitriles is 1. The molecule has 0 saturated heterocycles. The molecular formula is C24H18F2N6O4S. The van der Waals surface area contributed by atoms with Crippen LogP contribution in [0, 0.1) is 11.3 Å². The maximum Gasteiger partial charge on any atom is 0.296 e. The number of benzene rings is 1. The zero-order valence-corrected chi connectivity index (χ0v) is 20.3. The third kappa shape index (κ3) is 5.76. The summed E-state index contributed by atoms with van der Waals surface area (Å²) in [4.78, 5) is 29.6. The van der Waals surface area contributed by atoms with Crippen molar-refractivity contribution in [3.8, 4) is 28.1 Å². The van der Waals surface area contributed by atoms with Gasteiger partial charge in [-0.3, -0.25) is 19.9 Å². The number of carbonyl (C=O) groups is 1. The summed E-state index contributed by atoms with van der Waals surface area (Å²) in [6.07, 6.45) is 0.0515. The first-order valence-corrected chi connectivity index (χ1v) is 11.4. The van der Waals surface area contributed by atoms with Crippen LogP contribution in [0.1, 0.15) is 33.6 Å². The Kier molecular flexibility index (Phi) is 7.49. The predicted octanol–water partition coefficient (Wildman–Crippen LogP) is 3.95. The Bertz CT molecular complexity index is 1550. The molecule has 0 radical (unpaired) electrons. The lowest BCUT2D eigenvalue weighted by atomic mass is 9.98. The highest BCUT2D eigenvalue weighted by molar-refractivity contribution is 7.17. The number of rotatable bonds is 8. The van der Waals surface area contributed by atoms with Gasteiger partial charge >= 0.3 is 0 Å². The van der Waals surface area contributed by atoms with Crippen molar-refractivity contribution in [2.24, 2.45) is 7.05 Å². The van der Waals surface area contributed by atoms with E-state index in [0.717, 1.165) is 17.4 Å². The number of hydrogen-bond acceptors (Lipinski definition) is 9. The second-order valence-corrected chi connectivity index (χ2v) is 8.52. The number of aromatic nitrogens is 4. The van der Waals surface area contributed by atoms with Crippen LogP contribution in [0.15, 0.2) is 53.6 Å². The van der Waals surface area contributed by atoms with Gasteiger partial charge in [0.1, 0.15) is 18.4 Å². The van der Waals surface area contributed by atoms with Crippen molar-refractivity contribution in [1.29, 1.82) is 5.26 Å². The van der Waals surface area contributed by atoms with E-state index in [4.69, 9.17) is 14.7 Å². The summed E-state index contributed by atoms with van der Waals surface area (Å²) < 4.78 is 38.8. The Morgan fingerprint density at radius 2 is 2.03 bits per heavy atom. The lowest BCUT2D eigenvalue weighted by Gasteiger charge is -2.15. The molecule has 188 valence electrons. The number of hydrogen-bond donors (Lipinski definition) is 1. The molecule has 0 aliphatic rings. The Balaban J connectivity index is 1.58. The minimum atomic E-state index is -2.74. The van der Waals surface area contributed by atoms with Crippen LogP contribution in [-0.4, -0.2) is 32.8 Å². The monoisotopic (exact) mass is 524 g/mol. The Hall–Kier alpha value is -4.70. The number of amides is 1. The molecule has 1 aromatic carbocycles. The van der Waals surface area contributed by atoms with E-state index in [0.29, 0.717) is 11.3 Å². The van der Waals surface area contributed by atoms with Gasteiger partial charge < -0.3 is 14.0 Å². The van der Waals surface area contributed by atoms with E-state index in [-0.39, 0.29) is 44.9 Å². The fourth-order valence-corrected chi connectivity index (χ4v) is 3.89. The van der Waals surface area contributed by atoms with E-state index < -0.39 is 17.9 Å². The van der Waals surface area contributed by atoms with E-state index in [1.807, 2.05) is 6.07 Å². The number of anilines is 1. The van der Waals surface area contributed by atoms with Crippen LogP contribution in [-0.2, 0) is 13.7 Å². The Labute approximate surface area is 212 Å². The van der Waals surface area contributed by atoms with Gasteiger partial charge in [-0.2, -0.15) is 5.26 Å². The number of nitrogens with zero attached hydrogens (tertiary/aromatic N) is 5. The molecule has 1 amide bonds. The molecule has 4 rings (SSSR count). The van der Waals surface area contributed by atoms with Crippen LogP contribution in [0.3, 0.4) is 0 Å². The van der Waals surface area contributed by atoms with Crippen LogP contribution in [0.4, 0.5) is 13.9 Å². The Morgan fingerprint density at radius 1 is 1.22 bits per heavy atom. The van der Waals surface area contributed by atoms with Crippen LogP contribution < -0.4 is 20.3 Å². The van der Waals surface area contributed by atoms with Crippen molar-refractivity contribution < 1.29 is 23.0 Å². The number of alkyl halides is 2. The highest BCUT2D eigenvalue weighted by Gasteiger charge is 2.21. The minimum absolute atomic E-state index is 0.0627. The molecule has 0 spiro atoms. The number of halogens is 2. The summed E-state index contributed by atoms with van der Waals surface area (Å²) in [5.41, 5.74) is 0.604.